The van der Waals surface area contributed by atoms with Gasteiger partial charge in [0, 0.05) is 12.4 Å². The van der Waals surface area contributed by atoms with E-state index in [9.17, 15) is 22.0 Å². The molecule has 0 saturated heterocycles. The summed E-state index contributed by atoms with van der Waals surface area (Å²) in [5.41, 5.74) is -0.0241. The van der Waals surface area contributed by atoms with Crippen molar-refractivity contribution >= 4 is 0 Å². The van der Waals surface area contributed by atoms with Crippen LogP contribution in [0.2, 0.25) is 0 Å². The molecule has 0 aliphatic carbocycles. The monoisotopic (exact) mass is 277 g/mol. The minimum atomic E-state index is -5.79. The van der Waals surface area contributed by atoms with E-state index < -0.39 is 18.0 Å². The number of rotatable bonds is 3. The first kappa shape index (κ1) is 13.3. The van der Waals surface area contributed by atoms with Gasteiger partial charge in [0.1, 0.15) is 0 Å². The number of benzene rings is 1. The molecule has 0 N–H and O–H groups in total. The van der Waals surface area contributed by atoms with Crippen LogP contribution in [0.4, 0.5) is 22.0 Å². The number of hydrogen-bond donors (Lipinski definition) is 0. The summed E-state index contributed by atoms with van der Waals surface area (Å²) in [6.45, 7) is 0. The number of hydrogen-bond acceptors (Lipinski definition) is 2. The fourth-order valence-electron chi connectivity index (χ4n) is 1.30. The molecule has 101 valence electrons. The molecule has 1 radical (unpaired) electrons. The van der Waals surface area contributed by atoms with Crippen molar-refractivity contribution in [2.75, 3.05) is 0 Å². The molecular weight excluding hydrogens is 271 g/mol. The van der Waals surface area contributed by atoms with Crippen LogP contribution in [-0.4, -0.2) is 21.8 Å². The molecule has 0 spiro atoms. The van der Waals surface area contributed by atoms with Crippen LogP contribution in [0.25, 0.3) is 5.69 Å². The van der Waals surface area contributed by atoms with Gasteiger partial charge >= 0.3 is 12.3 Å². The maximum absolute atomic E-state index is 12.9. The van der Waals surface area contributed by atoms with Gasteiger partial charge in [-0.3, -0.25) is 4.57 Å². The van der Waals surface area contributed by atoms with Crippen LogP contribution in [0.3, 0.4) is 0 Å². The van der Waals surface area contributed by atoms with E-state index >= 15 is 0 Å². The molecule has 1 aromatic heterocycles. The number of nitrogens with zero attached hydrogens (tertiary/aromatic N) is 2. The van der Waals surface area contributed by atoms with Crippen LogP contribution in [0.1, 0.15) is 0 Å². The van der Waals surface area contributed by atoms with Crippen molar-refractivity contribution in [2.24, 2.45) is 0 Å². The molecule has 8 heteroatoms. The summed E-state index contributed by atoms with van der Waals surface area (Å²) in [7, 11) is 0. The molecule has 1 aromatic carbocycles. The smallest absolute Gasteiger partial charge is 0.424 e. The van der Waals surface area contributed by atoms with Crippen molar-refractivity contribution in [2.45, 2.75) is 12.3 Å². The molecule has 0 aliphatic heterocycles. The standard InChI is InChI=1S/C11H6F5N2O/c12-10(13,14)11(15,16)19-9-4-2-1-3-8(9)18-6-5-17-7-18/h1-6H. The number of ether oxygens (including phenoxy) is 1. The average molecular weight is 277 g/mol. The van der Waals surface area contributed by atoms with Gasteiger partial charge in [0.05, 0.1) is 5.69 Å². The van der Waals surface area contributed by atoms with E-state index in [1.165, 1.54) is 30.6 Å². The summed E-state index contributed by atoms with van der Waals surface area (Å²) < 4.78 is 66.9. The Labute approximate surface area is 104 Å². The Kier molecular flexibility index (Phi) is 3.17. The van der Waals surface area contributed by atoms with Gasteiger partial charge in [-0.15, -0.1) is 0 Å². The second kappa shape index (κ2) is 4.52. The fourth-order valence-corrected chi connectivity index (χ4v) is 1.30. The number of para-hydroxylation sites is 2. The van der Waals surface area contributed by atoms with Gasteiger partial charge in [0.2, 0.25) is 0 Å². The Bertz CT molecular complexity index is 550. The van der Waals surface area contributed by atoms with Gasteiger partial charge in [-0.25, -0.2) is 4.98 Å². The van der Waals surface area contributed by atoms with Crippen LogP contribution >= 0.6 is 0 Å². The molecule has 0 amide bonds. The lowest BCUT2D eigenvalue weighted by Crippen LogP contribution is -2.42. The van der Waals surface area contributed by atoms with Gasteiger partial charge < -0.3 is 4.74 Å². The lowest BCUT2D eigenvalue weighted by Gasteiger charge is -2.21. The number of aromatic nitrogens is 2. The van der Waals surface area contributed by atoms with Crippen molar-refractivity contribution in [1.82, 2.24) is 9.55 Å². The molecular formula is C11H6F5N2O. The van der Waals surface area contributed by atoms with E-state index in [1.54, 1.807) is 0 Å². The Morgan fingerprint density at radius 3 is 2.37 bits per heavy atom. The van der Waals surface area contributed by atoms with Gasteiger partial charge in [0.15, 0.2) is 12.1 Å². The zero-order chi connectivity index (χ0) is 14.1. The predicted molar refractivity (Wildman–Crippen MR) is 54.0 cm³/mol. The highest BCUT2D eigenvalue weighted by molar-refractivity contribution is 5.46. The van der Waals surface area contributed by atoms with E-state index in [-0.39, 0.29) is 5.69 Å². The highest BCUT2D eigenvalue weighted by atomic mass is 19.4. The van der Waals surface area contributed by atoms with Gasteiger partial charge in [-0.2, -0.15) is 22.0 Å². The molecule has 2 rings (SSSR count). The second-order valence-electron chi connectivity index (χ2n) is 3.48. The molecule has 0 fully saturated rings. The molecule has 0 atom stereocenters. The van der Waals surface area contributed by atoms with E-state index in [0.717, 1.165) is 10.6 Å². The maximum Gasteiger partial charge on any atom is 0.499 e. The van der Waals surface area contributed by atoms with Crippen LogP contribution < -0.4 is 4.74 Å². The third kappa shape index (κ3) is 2.67. The minimum absolute atomic E-state index is 0.0241. The molecule has 0 aliphatic rings. The third-order valence-corrected chi connectivity index (χ3v) is 2.15. The van der Waals surface area contributed by atoms with Crippen molar-refractivity contribution in [3.05, 3.63) is 43.0 Å². The summed E-state index contributed by atoms with van der Waals surface area (Å²) >= 11 is 0. The molecule has 2 aromatic rings. The SMILES string of the molecule is FC(F)(F)C(F)(F)Oc1ccccc1-n1[c]ncc1. The van der Waals surface area contributed by atoms with E-state index in [2.05, 4.69) is 16.0 Å². The molecule has 1 heterocycles. The summed E-state index contributed by atoms with van der Waals surface area (Å²) in [5.74, 6) is -0.626. The van der Waals surface area contributed by atoms with Crippen LogP contribution in [0, 0.1) is 6.33 Å². The number of imidazole rings is 1. The Hall–Kier alpha value is -2.12. The lowest BCUT2D eigenvalue weighted by molar-refractivity contribution is -0.360. The minimum Gasteiger partial charge on any atom is -0.424 e. The quantitative estimate of drug-likeness (QED) is 0.805. The van der Waals surface area contributed by atoms with Crippen molar-refractivity contribution in [3.63, 3.8) is 0 Å². The molecule has 0 saturated carbocycles. The van der Waals surface area contributed by atoms with E-state index in [1.807, 2.05) is 0 Å². The topological polar surface area (TPSA) is 27.1 Å². The van der Waals surface area contributed by atoms with Crippen molar-refractivity contribution < 1.29 is 26.7 Å². The molecule has 19 heavy (non-hydrogen) atoms. The zero-order valence-electron chi connectivity index (χ0n) is 9.16. The lowest BCUT2D eigenvalue weighted by atomic mass is 10.3. The van der Waals surface area contributed by atoms with Crippen molar-refractivity contribution in [3.8, 4) is 11.4 Å². The number of halogens is 5. The van der Waals surface area contributed by atoms with Crippen LogP contribution in [0.15, 0.2) is 36.7 Å². The van der Waals surface area contributed by atoms with Crippen LogP contribution in [0.5, 0.6) is 5.75 Å². The first-order valence-corrected chi connectivity index (χ1v) is 4.95. The first-order valence-electron chi connectivity index (χ1n) is 4.95. The van der Waals surface area contributed by atoms with E-state index in [4.69, 9.17) is 0 Å². The average Bonchev–Trinajstić information content (AvgIpc) is 2.81. The summed E-state index contributed by atoms with van der Waals surface area (Å²) in [6, 6.07) is 5.05. The highest BCUT2D eigenvalue weighted by Crippen LogP contribution is 2.38. The summed E-state index contributed by atoms with van der Waals surface area (Å²) in [6.07, 6.45) is -6.04. The maximum atomic E-state index is 12.9. The Balaban J connectivity index is 2.37. The zero-order valence-corrected chi connectivity index (χ0v) is 9.16. The largest absolute Gasteiger partial charge is 0.499 e. The third-order valence-electron chi connectivity index (χ3n) is 2.15. The Morgan fingerprint density at radius 1 is 1.11 bits per heavy atom. The van der Waals surface area contributed by atoms with Gasteiger partial charge in [-0.1, -0.05) is 12.1 Å². The summed E-state index contributed by atoms with van der Waals surface area (Å²) in [4.78, 5) is 3.56. The van der Waals surface area contributed by atoms with Gasteiger partial charge in [-0.05, 0) is 12.1 Å². The predicted octanol–water partition coefficient (Wildman–Crippen LogP) is 3.21. The number of alkyl halides is 5. The Morgan fingerprint density at radius 2 is 1.79 bits per heavy atom. The second-order valence-corrected chi connectivity index (χ2v) is 3.48. The fraction of sp³-hybridized carbons (Fsp3) is 0.182. The van der Waals surface area contributed by atoms with Crippen molar-refractivity contribution in [1.29, 1.82) is 0 Å². The van der Waals surface area contributed by atoms with Gasteiger partial charge in [0.25, 0.3) is 0 Å². The first-order chi connectivity index (χ1) is 8.81. The normalized spacial score (nSPS) is 12.5. The summed E-state index contributed by atoms with van der Waals surface area (Å²) in [5, 5.41) is 0. The highest BCUT2D eigenvalue weighted by Gasteiger charge is 2.61. The van der Waals surface area contributed by atoms with Crippen LogP contribution in [-0.2, 0) is 0 Å². The molecule has 3 nitrogen and oxygen atoms in total. The molecule has 0 unspecified atom stereocenters. The van der Waals surface area contributed by atoms with E-state index in [0.29, 0.717) is 0 Å². The molecule has 0 bridgehead atoms.